The molecule has 0 aromatic heterocycles. The van der Waals surface area contributed by atoms with Crippen LogP contribution in [0, 0.1) is 5.92 Å². The van der Waals surface area contributed by atoms with Crippen LogP contribution < -0.4 is 5.73 Å². The van der Waals surface area contributed by atoms with Crippen molar-refractivity contribution in [3.8, 4) is 0 Å². The molecule has 0 aliphatic carbocycles. The average Bonchev–Trinajstić information content (AvgIpc) is 2.48. The molecule has 1 heterocycles. The highest BCUT2D eigenvalue weighted by atomic mass is 32.2. The SMILES string of the molecule is CC1CCN(C(N)=NCCS(=O)(=O)Cc2ccccc2)CC1. The zero-order valence-corrected chi connectivity index (χ0v) is 13.9. The average molecular weight is 323 g/mol. The van der Waals surface area contributed by atoms with Gasteiger partial charge in [0.1, 0.15) is 0 Å². The number of nitrogens with two attached hydrogens (primary N) is 1. The van der Waals surface area contributed by atoms with Crippen LogP contribution in [-0.2, 0) is 15.6 Å². The Kier molecular flexibility index (Phi) is 5.83. The fourth-order valence-corrected chi connectivity index (χ4v) is 3.75. The van der Waals surface area contributed by atoms with Crippen LogP contribution in [0.2, 0.25) is 0 Å². The Balaban J connectivity index is 1.82. The lowest BCUT2D eigenvalue weighted by Gasteiger charge is -2.31. The summed E-state index contributed by atoms with van der Waals surface area (Å²) in [4.78, 5) is 6.29. The summed E-state index contributed by atoms with van der Waals surface area (Å²) in [6.45, 7) is 4.29. The Hall–Kier alpha value is -1.56. The number of nitrogens with zero attached hydrogens (tertiary/aromatic N) is 2. The summed E-state index contributed by atoms with van der Waals surface area (Å²) in [5.74, 6) is 1.30. The van der Waals surface area contributed by atoms with Crippen LogP contribution in [0.15, 0.2) is 35.3 Å². The van der Waals surface area contributed by atoms with E-state index >= 15 is 0 Å². The minimum absolute atomic E-state index is 0.0346. The number of benzene rings is 1. The molecule has 0 atom stereocenters. The normalized spacial score (nSPS) is 17.7. The molecule has 122 valence electrons. The summed E-state index contributed by atoms with van der Waals surface area (Å²) >= 11 is 0. The van der Waals surface area contributed by atoms with Crippen molar-refractivity contribution in [2.75, 3.05) is 25.4 Å². The Morgan fingerprint density at radius 1 is 1.27 bits per heavy atom. The van der Waals surface area contributed by atoms with E-state index in [0.29, 0.717) is 5.96 Å². The number of guanidine groups is 1. The zero-order chi connectivity index (χ0) is 16.0. The quantitative estimate of drug-likeness (QED) is 0.660. The number of hydrogen-bond donors (Lipinski definition) is 1. The maximum Gasteiger partial charge on any atom is 0.191 e. The summed E-state index contributed by atoms with van der Waals surface area (Å²) in [7, 11) is -3.15. The third-order valence-electron chi connectivity index (χ3n) is 4.01. The molecular weight excluding hydrogens is 298 g/mol. The fraction of sp³-hybridized carbons (Fsp3) is 0.562. The first-order valence-electron chi connectivity index (χ1n) is 7.75. The molecular formula is C16H25N3O2S. The third kappa shape index (κ3) is 5.33. The van der Waals surface area contributed by atoms with Crippen LogP contribution in [-0.4, -0.2) is 44.7 Å². The van der Waals surface area contributed by atoms with Gasteiger partial charge in [0, 0.05) is 13.1 Å². The van der Waals surface area contributed by atoms with E-state index in [-0.39, 0.29) is 18.1 Å². The van der Waals surface area contributed by atoms with Crippen molar-refractivity contribution in [2.45, 2.75) is 25.5 Å². The Morgan fingerprint density at radius 3 is 2.55 bits per heavy atom. The molecule has 0 spiro atoms. The molecule has 1 aliphatic heterocycles. The number of piperidine rings is 1. The maximum absolute atomic E-state index is 12.1. The van der Waals surface area contributed by atoms with Gasteiger partial charge in [0.05, 0.1) is 18.1 Å². The molecule has 5 nitrogen and oxygen atoms in total. The van der Waals surface area contributed by atoms with Gasteiger partial charge < -0.3 is 10.6 Å². The molecule has 0 amide bonds. The molecule has 2 N–H and O–H groups in total. The van der Waals surface area contributed by atoms with Crippen molar-refractivity contribution in [2.24, 2.45) is 16.6 Å². The van der Waals surface area contributed by atoms with E-state index in [2.05, 4.69) is 11.9 Å². The molecule has 0 unspecified atom stereocenters. The van der Waals surface area contributed by atoms with E-state index in [1.165, 1.54) is 0 Å². The fourth-order valence-electron chi connectivity index (χ4n) is 2.54. The van der Waals surface area contributed by atoms with Crippen LogP contribution >= 0.6 is 0 Å². The van der Waals surface area contributed by atoms with E-state index in [4.69, 9.17) is 5.73 Å². The van der Waals surface area contributed by atoms with Crippen molar-refractivity contribution in [3.63, 3.8) is 0 Å². The van der Waals surface area contributed by atoms with Gasteiger partial charge in [-0.3, -0.25) is 4.99 Å². The maximum atomic E-state index is 12.1. The van der Waals surface area contributed by atoms with Gasteiger partial charge in [-0.25, -0.2) is 8.42 Å². The first-order chi connectivity index (χ1) is 10.5. The predicted octanol–water partition coefficient (Wildman–Crippen LogP) is 1.65. The van der Waals surface area contributed by atoms with Gasteiger partial charge in [-0.1, -0.05) is 37.3 Å². The van der Waals surface area contributed by atoms with E-state index in [1.807, 2.05) is 35.2 Å². The Bertz CT molecular complexity index is 591. The number of sulfone groups is 1. The van der Waals surface area contributed by atoms with E-state index < -0.39 is 9.84 Å². The van der Waals surface area contributed by atoms with Crippen molar-refractivity contribution in [3.05, 3.63) is 35.9 Å². The van der Waals surface area contributed by atoms with Gasteiger partial charge in [-0.05, 0) is 24.3 Å². The van der Waals surface area contributed by atoms with Crippen molar-refractivity contribution in [1.29, 1.82) is 0 Å². The predicted molar refractivity (Wildman–Crippen MR) is 90.4 cm³/mol. The third-order valence-corrected chi connectivity index (χ3v) is 5.59. The lowest BCUT2D eigenvalue weighted by Crippen LogP contribution is -2.42. The van der Waals surface area contributed by atoms with Crippen LogP contribution in [0.4, 0.5) is 0 Å². The lowest BCUT2D eigenvalue weighted by atomic mass is 10.00. The molecule has 1 aliphatic rings. The summed E-state index contributed by atoms with van der Waals surface area (Å²) in [5, 5.41) is 0. The van der Waals surface area contributed by atoms with E-state index in [1.54, 1.807) is 0 Å². The lowest BCUT2D eigenvalue weighted by molar-refractivity contribution is 0.278. The van der Waals surface area contributed by atoms with Gasteiger partial charge in [0.15, 0.2) is 15.8 Å². The van der Waals surface area contributed by atoms with Gasteiger partial charge in [0.25, 0.3) is 0 Å². The molecule has 1 saturated heterocycles. The van der Waals surface area contributed by atoms with Crippen LogP contribution in [0.1, 0.15) is 25.3 Å². The summed E-state index contributed by atoms with van der Waals surface area (Å²) in [6, 6.07) is 9.21. The minimum atomic E-state index is -3.15. The monoisotopic (exact) mass is 323 g/mol. The standard InChI is InChI=1S/C16H25N3O2S/c1-14-7-10-19(11-8-14)16(17)18-9-12-22(20,21)13-15-5-3-2-4-6-15/h2-6,14H,7-13H2,1H3,(H2,17,18). The largest absolute Gasteiger partial charge is 0.370 e. The van der Waals surface area contributed by atoms with Gasteiger partial charge in [-0.2, -0.15) is 0 Å². The smallest absolute Gasteiger partial charge is 0.191 e. The Morgan fingerprint density at radius 2 is 1.91 bits per heavy atom. The summed E-state index contributed by atoms with van der Waals surface area (Å²) in [6.07, 6.45) is 2.23. The zero-order valence-electron chi connectivity index (χ0n) is 13.1. The topological polar surface area (TPSA) is 75.8 Å². The molecule has 22 heavy (non-hydrogen) atoms. The first kappa shape index (κ1) is 16.8. The molecule has 1 fully saturated rings. The number of hydrogen-bond acceptors (Lipinski definition) is 3. The molecule has 0 bridgehead atoms. The van der Waals surface area contributed by atoms with Crippen molar-refractivity contribution >= 4 is 15.8 Å². The van der Waals surface area contributed by atoms with E-state index in [0.717, 1.165) is 37.4 Å². The number of aliphatic imine (C=N–C) groups is 1. The molecule has 6 heteroatoms. The molecule has 2 rings (SSSR count). The van der Waals surface area contributed by atoms with Gasteiger partial charge in [0.2, 0.25) is 0 Å². The second-order valence-corrected chi connectivity index (χ2v) is 8.17. The molecule has 0 saturated carbocycles. The van der Waals surface area contributed by atoms with Crippen LogP contribution in [0.25, 0.3) is 0 Å². The van der Waals surface area contributed by atoms with Crippen molar-refractivity contribution < 1.29 is 8.42 Å². The molecule has 0 radical (unpaired) electrons. The number of rotatable bonds is 5. The van der Waals surface area contributed by atoms with Gasteiger partial charge >= 0.3 is 0 Å². The highest BCUT2D eigenvalue weighted by Crippen LogP contribution is 2.15. The summed E-state index contributed by atoms with van der Waals surface area (Å²) in [5.41, 5.74) is 6.77. The second kappa shape index (κ2) is 7.63. The Labute approximate surface area is 133 Å². The second-order valence-electron chi connectivity index (χ2n) is 5.99. The first-order valence-corrected chi connectivity index (χ1v) is 9.57. The molecule has 1 aromatic carbocycles. The van der Waals surface area contributed by atoms with Crippen molar-refractivity contribution in [1.82, 2.24) is 4.90 Å². The van der Waals surface area contributed by atoms with Gasteiger partial charge in [-0.15, -0.1) is 0 Å². The number of likely N-dealkylation sites (tertiary alicyclic amines) is 1. The summed E-state index contributed by atoms with van der Waals surface area (Å²) < 4.78 is 24.2. The van der Waals surface area contributed by atoms with Crippen LogP contribution in [0.5, 0.6) is 0 Å². The van der Waals surface area contributed by atoms with E-state index in [9.17, 15) is 8.42 Å². The highest BCUT2D eigenvalue weighted by molar-refractivity contribution is 7.90. The minimum Gasteiger partial charge on any atom is -0.370 e. The molecule has 1 aromatic rings. The highest BCUT2D eigenvalue weighted by Gasteiger charge is 2.17. The van der Waals surface area contributed by atoms with Crippen LogP contribution in [0.3, 0.4) is 0 Å².